The van der Waals surface area contributed by atoms with Gasteiger partial charge in [-0.25, -0.2) is 0 Å². The van der Waals surface area contributed by atoms with Gasteiger partial charge in [-0.15, -0.1) is 0 Å². The van der Waals surface area contributed by atoms with Crippen molar-refractivity contribution in [3.05, 3.63) is 22.7 Å². The molecule has 1 amide bonds. The smallest absolute Gasteiger partial charge is 0.249 e. The fourth-order valence-electron chi connectivity index (χ4n) is 2.82. The van der Waals surface area contributed by atoms with E-state index in [0.717, 1.165) is 18.4 Å². The predicted octanol–water partition coefficient (Wildman–Crippen LogP) is 1.28. The molecule has 2 aliphatic rings. The van der Waals surface area contributed by atoms with Crippen LogP contribution in [-0.2, 0) is 16.0 Å². The minimum Gasteiger partial charge on any atom is -0.486 e. The minimum absolute atomic E-state index is 0.00218. The highest BCUT2D eigenvalue weighted by atomic mass is 35.5. The van der Waals surface area contributed by atoms with Gasteiger partial charge < -0.3 is 25.3 Å². The van der Waals surface area contributed by atoms with Crippen molar-refractivity contribution in [3.8, 4) is 11.5 Å². The second-order valence-electron chi connectivity index (χ2n) is 5.70. The maximum absolute atomic E-state index is 12.0. The Morgan fingerprint density at radius 1 is 1.30 bits per heavy atom. The Morgan fingerprint density at radius 2 is 2.13 bits per heavy atom. The molecule has 0 aliphatic carbocycles. The van der Waals surface area contributed by atoms with Crippen LogP contribution in [0.1, 0.15) is 18.4 Å². The van der Waals surface area contributed by atoms with Gasteiger partial charge in [-0.2, -0.15) is 0 Å². The van der Waals surface area contributed by atoms with E-state index in [0.29, 0.717) is 49.2 Å². The fraction of sp³-hybridized carbons (Fsp3) is 0.562. The van der Waals surface area contributed by atoms with Crippen molar-refractivity contribution in [2.75, 3.05) is 26.3 Å². The highest BCUT2D eigenvalue weighted by Gasteiger charge is 2.29. The van der Waals surface area contributed by atoms with Crippen LogP contribution in [0.3, 0.4) is 0 Å². The van der Waals surface area contributed by atoms with Crippen LogP contribution in [-0.4, -0.2) is 44.4 Å². The predicted molar refractivity (Wildman–Crippen MR) is 86.1 cm³/mol. The van der Waals surface area contributed by atoms with Crippen LogP contribution in [0.25, 0.3) is 0 Å². The molecule has 126 valence electrons. The van der Waals surface area contributed by atoms with Crippen molar-refractivity contribution in [1.29, 1.82) is 0 Å². The number of fused-ring (bicyclic) bond motifs is 1. The van der Waals surface area contributed by atoms with Crippen LogP contribution < -0.4 is 20.5 Å². The number of hydrogen-bond acceptors (Lipinski definition) is 5. The number of nitrogens with two attached hydrogens (primary N) is 1. The first-order chi connectivity index (χ1) is 11.2. The number of rotatable bonds is 5. The molecule has 0 unspecified atom stereocenters. The molecular weight excluding hydrogens is 320 g/mol. The molecule has 1 saturated heterocycles. The Labute approximate surface area is 140 Å². The average Bonchev–Trinajstić information content (AvgIpc) is 3.04. The molecule has 0 saturated carbocycles. The van der Waals surface area contributed by atoms with Crippen molar-refractivity contribution >= 4 is 17.5 Å². The molecule has 0 aromatic heterocycles. The number of nitrogens with one attached hydrogen (secondary N) is 1. The molecule has 0 bridgehead atoms. The number of ether oxygens (including phenoxy) is 3. The van der Waals surface area contributed by atoms with E-state index in [9.17, 15) is 4.79 Å². The molecule has 3 rings (SSSR count). The lowest BCUT2D eigenvalue weighted by atomic mass is 10.1. The van der Waals surface area contributed by atoms with Crippen molar-refractivity contribution < 1.29 is 19.0 Å². The third-order valence-electron chi connectivity index (χ3n) is 4.03. The third-order valence-corrected chi connectivity index (χ3v) is 4.31. The monoisotopic (exact) mass is 340 g/mol. The second kappa shape index (κ2) is 7.38. The lowest BCUT2D eigenvalue weighted by Gasteiger charge is -2.20. The van der Waals surface area contributed by atoms with Gasteiger partial charge in [-0.3, -0.25) is 4.79 Å². The molecule has 2 aliphatic heterocycles. The van der Waals surface area contributed by atoms with Crippen molar-refractivity contribution in [2.45, 2.75) is 31.5 Å². The van der Waals surface area contributed by atoms with E-state index in [2.05, 4.69) is 5.32 Å². The standard InChI is InChI=1S/C16H21ClN2O4/c17-12-7-10(8-14-15(12)22-6-5-21-14)3-4-19-16(20)13-2-1-11(9-18)23-13/h7-8,11,13H,1-6,9,18H2,(H,19,20)/t11-,13+/m1/s1. The van der Waals surface area contributed by atoms with E-state index in [1.54, 1.807) is 0 Å². The molecule has 0 spiro atoms. The van der Waals surface area contributed by atoms with Gasteiger partial charge in [0.25, 0.3) is 0 Å². The van der Waals surface area contributed by atoms with Crippen molar-refractivity contribution in [3.63, 3.8) is 0 Å². The van der Waals surface area contributed by atoms with Crippen LogP contribution in [0.15, 0.2) is 12.1 Å². The van der Waals surface area contributed by atoms with Gasteiger partial charge in [-0.1, -0.05) is 11.6 Å². The topological polar surface area (TPSA) is 82.8 Å². The van der Waals surface area contributed by atoms with Crippen LogP contribution in [0.5, 0.6) is 11.5 Å². The summed E-state index contributed by atoms with van der Waals surface area (Å²) in [6.07, 6.45) is 1.85. The summed E-state index contributed by atoms with van der Waals surface area (Å²) in [5.41, 5.74) is 6.54. The molecule has 0 radical (unpaired) electrons. The number of amides is 1. The summed E-state index contributed by atoms with van der Waals surface area (Å²) in [6, 6.07) is 3.75. The molecule has 1 fully saturated rings. The average molecular weight is 341 g/mol. The number of hydrogen-bond donors (Lipinski definition) is 2. The first kappa shape index (κ1) is 16.4. The molecule has 23 heavy (non-hydrogen) atoms. The number of halogens is 1. The summed E-state index contributed by atoms with van der Waals surface area (Å²) in [5.74, 6) is 1.18. The summed E-state index contributed by atoms with van der Waals surface area (Å²) in [4.78, 5) is 12.0. The highest BCUT2D eigenvalue weighted by Crippen LogP contribution is 2.38. The Bertz CT molecular complexity index is 581. The zero-order chi connectivity index (χ0) is 16.2. The molecule has 3 N–H and O–H groups in total. The van der Waals surface area contributed by atoms with E-state index in [-0.39, 0.29) is 18.1 Å². The van der Waals surface area contributed by atoms with Crippen LogP contribution in [0, 0.1) is 0 Å². The maximum Gasteiger partial charge on any atom is 0.249 e. The Hall–Kier alpha value is -1.50. The highest BCUT2D eigenvalue weighted by molar-refractivity contribution is 6.32. The summed E-state index contributed by atoms with van der Waals surface area (Å²) in [5, 5.41) is 3.43. The third kappa shape index (κ3) is 3.88. The van der Waals surface area contributed by atoms with E-state index >= 15 is 0 Å². The zero-order valence-electron chi connectivity index (χ0n) is 12.8. The number of carbonyl (C=O) groups is 1. The van der Waals surface area contributed by atoms with Crippen LogP contribution >= 0.6 is 11.6 Å². The minimum atomic E-state index is -0.382. The largest absolute Gasteiger partial charge is 0.486 e. The first-order valence-corrected chi connectivity index (χ1v) is 8.26. The number of carbonyl (C=O) groups excluding carboxylic acids is 1. The van der Waals surface area contributed by atoms with Gasteiger partial charge in [0.05, 0.1) is 11.1 Å². The molecule has 2 atom stereocenters. The Balaban J connectivity index is 1.51. The van der Waals surface area contributed by atoms with Gasteiger partial charge in [-0.05, 0) is 37.0 Å². The van der Waals surface area contributed by atoms with Crippen molar-refractivity contribution in [2.24, 2.45) is 5.73 Å². The van der Waals surface area contributed by atoms with E-state index in [1.165, 1.54) is 0 Å². The number of benzene rings is 1. The van der Waals surface area contributed by atoms with Gasteiger partial charge >= 0.3 is 0 Å². The van der Waals surface area contributed by atoms with Gasteiger partial charge in [0, 0.05) is 13.1 Å². The molecule has 1 aromatic carbocycles. The fourth-order valence-corrected chi connectivity index (χ4v) is 3.11. The molecule has 7 heteroatoms. The van der Waals surface area contributed by atoms with E-state index < -0.39 is 0 Å². The quantitative estimate of drug-likeness (QED) is 0.843. The summed E-state index contributed by atoms with van der Waals surface area (Å²) >= 11 is 6.20. The van der Waals surface area contributed by atoms with Crippen molar-refractivity contribution in [1.82, 2.24) is 5.32 Å². The second-order valence-corrected chi connectivity index (χ2v) is 6.11. The lowest BCUT2D eigenvalue weighted by Crippen LogP contribution is -2.36. The SMILES string of the molecule is NC[C@H]1CC[C@@H](C(=O)NCCc2cc(Cl)c3c(c2)OCCO3)O1. The Kier molecular flexibility index (Phi) is 5.25. The van der Waals surface area contributed by atoms with E-state index in [1.807, 2.05) is 12.1 Å². The zero-order valence-corrected chi connectivity index (χ0v) is 13.6. The summed E-state index contributed by atoms with van der Waals surface area (Å²) in [7, 11) is 0. The summed E-state index contributed by atoms with van der Waals surface area (Å²) < 4.78 is 16.6. The normalized spacial score (nSPS) is 22.9. The molecular formula is C16H21ClN2O4. The van der Waals surface area contributed by atoms with Gasteiger partial charge in [0.2, 0.25) is 5.91 Å². The van der Waals surface area contributed by atoms with Gasteiger partial charge in [0.1, 0.15) is 19.3 Å². The first-order valence-electron chi connectivity index (χ1n) is 7.88. The van der Waals surface area contributed by atoms with Crippen LogP contribution in [0.2, 0.25) is 5.02 Å². The molecule has 6 nitrogen and oxygen atoms in total. The molecule has 2 heterocycles. The summed E-state index contributed by atoms with van der Waals surface area (Å²) in [6.45, 7) is 2.00. The maximum atomic E-state index is 12.0. The van der Waals surface area contributed by atoms with Crippen LogP contribution in [0.4, 0.5) is 0 Å². The van der Waals surface area contributed by atoms with Gasteiger partial charge in [0.15, 0.2) is 11.5 Å². The van der Waals surface area contributed by atoms with E-state index in [4.69, 9.17) is 31.5 Å². The molecule has 1 aromatic rings. The Morgan fingerprint density at radius 3 is 2.91 bits per heavy atom. The lowest BCUT2D eigenvalue weighted by molar-refractivity contribution is -0.131.